The van der Waals surface area contributed by atoms with Gasteiger partial charge in [0, 0.05) is 32.9 Å². The smallest absolute Gasteiger partial charge is 0.135 e. The van der Waals surface area contributed by atoms with Gasteiger partial charge in [-0.25, -0.2) is 0 Å². The summed E-state index contributed by atoms with van der Waals surface area (Å²) in [6.07, 6.45) is 7.16. The first-order valence-corrected chi connectivity index (χ1v) is 19.3. The van der Waals surface area contributed by atoms with Crippen molar-refractivity contribution in [2.24, 2.45) is 23.7 Å². The Morgan fingerprint density at radius 2 is 1.12 bits per heavy atom. The van der Waals surface area contributed by atoms with Crippen molar-refractivity contribution in [3.8, 4) is 22.3 Å². The molecule has 0 saturated heterocycles. The van der Waals surface area contributed by atoms with Crippen molar-refractivity contribution in [3.05, 3.63) is 163 Å². The lowest BCUT2D eigenvalue weighted by Gasteiger charge is -2.61. The second-order valence-corrected chi connectivity index (χ2v) is 16.1. The van der Waals surface area contributed by atoms with Gasteiger partial charge in [-0.3, -0.25) is 0 Å². The number of nitrogens with zero attached hydrogens (tertiary/aromatic N) is 1. The summed E-state index contributed by atoms with van der Waals surface area (Å²) in [5.41, 5.74) is 14.2. The Morgan fingerprint density at radius 3 is 1.96 bits per heavy atom. The number of furan rings is 1. The minimum absolute atomic E-state index is 0.210. The highest BCUT2D eigenvalue weighted by Gasteiger charge is 2.61. The lowest BCUT2D eigenvalue weighted by atomic mass is 9.43. The summed E-state index contributed by atoms with van der Waals surface area (Å²) in [5, 5.41) is 4.72. The lowest BCUT2D eigenvalue weighted by molar-refractivity contribution is -0.0399. The van der Waals surface area contributed by atoms with Crippen LogP contribution in [-0.4, -0.2) is 0 Å². The second-order valence-electron chi connectivity index (χ2n) is 16.1. The Kier molecular flexibility index (Phi) is 5.98. The molecule has 0 unspecified atom stereocenters. The topological polar surface area (TPSA) is 16.4 Å². The number of anilines is 3. The van der Waals surface area contributed by atoms with Crippen LogP contribution in [0.25, 0.3) is 55.0 Å². The molecule has 2 heteroatoms. The van der Waals surface area contributed by atoms with Gasteiger partial charge in [0.15, 0.2) is 0 Å². The third-order valence-corrected chi connectivity index (χ3v) is 13.6. The van der Waals surface area contributed by atoms with E-state index in [4.69, 9.17) is 4.42 Å². The van der Waals surface area contributed by atoms with Crippen LogP contribution in [0.15, 0.2) is 156 Å². The number of fused-ring (bicyclic) bond motifs is 7. The normalized spacial score (nSPS) is 23.8. The first kappa shape index (κ1) is 29.0. The van der Waals surface area contributed by atoms with Crippen LogP contribution in [0.4, 0.5) is 17.1 Å². The van der Waals surface area contributed by atoms with Crippen LogP contribution in [0.3, 0.4) is 0 Å². The average Bonchev–Trinajstić information content (AvgIpc) is 3.70. The maximum atomic E-state index is 6.23. The molecular formula is C50H39NO. The zero-order valence-corrected chi connectivity index (χ0v) is 29.1. The molecule has 0 atom stereocenters. The van der Waals surface area contributed by atoms with E-state index in [0.29, 0.717) is 0 Å². The van der Waals surface area contributed by atoms with E-state index in [-0.39, 0.29) is 5.41 Å². The number of para-hydroxylation sites is 1. The van der Waals surface area contributed by atoms with Crippen molar-refractivity contribution in [3.63, 3.8) is 0 Å². The zero-order chi connectivity index (χ0) is 34.0. The molecule has 4 fully saturated rings. The monoisotopic (exact) mass is 669 g/mol. The molecule has 0 radical (unpaired) electrons. The summed E-state index contributed by atoms with van der Waals surface area (Å²) in [6, 6.07) is 56.4. The number of hydrogen-bond donors (Lipinski definition) is 0. The molecule has 7 aromatic carbocycles. The highest BCUT2D eigenvalue weighted by molar-refractivity contribution is 6.07. The van der Waals surface area contributed by atoms with Crippen LogP contribution < -0.4 is 4.90 Å². The van der Waals surface area contributed by atoms with E-state index in [1.807, 2.05) is 6.07 Å². The Bertz CT molecular complexity index is 2680. The molecule has 0 amide bonds. The van der Waals surface area contributed by atoms with Gasteiger partial charge in [0.1, 0.15) is 11.2 Å². The fraction of sp³-hybridized carbons (Fsp3) is 0.200. The fourth-order valence-corrected chi connectivity index (χ4v) is 11.8. The SMILES string of the molecule is c1ccc2c(c1)-c1cc(-c3ccc(N(c4ccc5oc6ccccc6c5c4)c4cccc5ccccc45)cc3)ccc1C21C2CC3CC(C2)CC1C3. The van der Waals surface area contributed by atoms with Gasteiger partial charge in [-0.2, -0.15) is 0 Å². The van der Waals surface area contributed by atoms with Crippen LogP contribution >= 0.6 is 0 Å². The zero-order valence-electron chi connectivity index (χ0n) is 29.1. The first-order chi connectivity index (χ1) is 25.7. The van der Waals surface area contributed by atoms with Gasteiger partial charge in [0.2, 0.25) is 0 Å². The summed E-state index contributed by atoms with van der Waals surface area (Å²) in [5.74, 6) is 3.49. The number of hydrogen-bond acceptors (Lipinski definition) is 2. The molecule has 1 heterocycles. The maximum absolute atomic E-state index is 6.23. The summed E-state index contributed by atoms with van der Waals surface area (Å²) < 4.78 is 6.23. The highest BCUT2D eigenvalue weighted by Crippen LogP contribution is 2.69. The van der Waals surface area contributed by atoms with E-state index in [1.54, 1.807) is 11.1 Å². The van der Waals surface area contributed by atoms with Crippen LogP contribution in [0.2, 0.25) is 0 Å². The molecule has 8 aromatic rings. The number of benzene rings is 7. The quantitative estimate of drug-likeness (QED) is 0.185. The molecule has 2 nitrogen and oxygen atoms in total. The molecule has 0 N–H and O–H groups in total. The Balaban J connectivity index is 0.979. The third kappa shape index (κ3) is 3.96. The van der Waals surface area contributed by atoms with E-state index in [0.717, 1.165) is 62.7 Å². The molecule has 4 saturated carbocycles. The van der Waals surface area contributed by atoms with Crippen molar-refractivity contribution in [1.29, 1.82) is 0 Å². The van der Waals surface area contributed by atoms with E-state index >= 15 is 0 Å². The maximum Gasteiger partial charge on any atom is 0.135 e. The lowest BCUT2D eigenvalue weighted by Crippen LogP contribution is -2.55. The molecule has 5 aliphatic carbocycles. The highest BCUT2D eigenvalue weighted by atomic mass is 16.3. The minimum atomic E-state index is 0.210. The van der Waals surface area contributed by atoms with E-state index in [2.05, 4.69) is 150 Å². The molecule has 1 spiro atoms. The molecule has 13 rings (SSSR count). The predicted molar refractivity (Wildman–Crippen MR) is 215 cm³/mol. The van der Waals surface area contributed by atoms with E-state index in [9.17, 15) is 0 Å². The number of rotatable bonds is 4. The summed E-state index contributed by atoms with van der Waals surface area (Å²) in [7, 11) is 0. The van der Waals surface area contributed by atoms with Crippen molar-refractivity contribution in [2.45, 2.75) is 37.5 Å². The van der Waals surface area contributed by atoms with Gasteiger partial charge in [-0.05, 0) is 143 Å². The van der Waals surface area contributed by atoms with Crippen molar-refractivity contribution < 1.29 is 4.42 Å². The molecule has 52 heavy (non-hydrogen) atoms. The summed E-state index contributed by atoms with van der Waals surface area (Å²) in [4.78, 5) is 2.41. The summed E-state index contributed by atoms with van der Waals surface area (Å²) >= 11 is 0. The van der Waals surface area contributed by atoms with Gasteiger partial charge >= 0.3 is 0 Å². The van der Waals surface area contributed by atoms with Gasteiger partial charge < -0.3 is 9.32 Å². The second kappa shape index (κ2) is 10.7. The first-order valence-electron chi connectivity index (χ1n) is 19.3. The van der Waals surface area contributed by atoms with E-state index in [1.165, 1.54) is 65.1 Å². The molecule has 4 bridgehead atoms. The predicted octanol–water partition coefficient (Wildman–Crippen LogP) is 13.6. The molecule has 0 aliphatic heterocycles. The largest absolute Gasteiger partial charge is 0.456 e. The van der Waals surface area contributed by atoms with Crippen molar-refractivity contribution in [2.75, 3.05) is 4.90 Å². The van der Waals surface area contributed by atoms with Crippen LogP contribution in [-0.2, 0) is 5.41 Å². The van der Waals surface area contributed by atoms with Gasteiger partial charge in [0.05, 0.1) is 5.69 Å². The van der Waals surface area contributed by atoms with Crippen LogP contribution in [0.5, 0.6) is 0 Å². The van der Waals surface area contributed by atoms with Crippen molar-refractivity contribution in [1.82, 2.24) is 0 Å². The van der Waals surface area contributed by atoms with Crippen molar-refractivity contribution >= 4 is 49.8 Å². The Labute approximate surface area is 304 Å². The third-order valence-electron chi connectivity index (χ3n) is 13.6. The Hall–Kier alpha value is -5.60. The average molecular weight is 670 g/mol. The molecule has 1 aromatic heterocycles. The standard InChI is InChI=1S/C50H39NO/c1-2-10-40-34(8-1)9-7-14-47(40)51(39-21-23-49-44(30-39)42-12-4-6-15-48(42)52-49)38-19-16-33(17-20-38)35-18-22-46-43(29-35)41-11-3-5-13-45(41)50(46)36-25-31-24-32(27-36)28-37(50)26-31/h1-23,29-32,36-37H,24-28H2. The Morgan fingerprint density at radius 1 is 0.462 bits per heavy atom. The van der Waals surface area contributed by atoms with E-state index < -0.39 is 0 Å². The van der Waals surface area contributed by atoms with Crippen LogP contribution in [0, 0.1) is 23.7 Å². The molecular weight excluding hydrogens is 631 g/mol. The molecule has 250 valence electrons. The molecule has 5 aliphatic rings. The summed E-state index contributed by atoms with van der Waals surface area (Å²) in [6.45, 7) is 0. The van der Waals surface area contributed by atoms with Gasteiger partial charge in [-0.1, -0.05) is 103 Å². The van der Waals surface area contributed by atoms with Crippen LogP contribution in [0.1, 0.15) is 43.2 Å². The van der Waals surface area contributed by atoms with Gasteiger partial charge in [-0.15, -0.1) is 0 Å². The fourth-order valence-electron chi connectivity index (χ4n) is 11.8. The minimum Gasteiger partial charge on any atom is -0.456 e. The van der Waals surface area contributed by atoms with Gasteiger partial charge in [0.25, 0.3) is 0 Å².